The molecule has 0 spiro atoms. The van der Waals surface area contributed by atoms with E-state index in [1.54, 1.807) is 4.68 Å². The lowest BCUT2D eigenvalue weighted by Gasteiger charge is -2.35. The molecule has 0 bridgehead atoms. The Hall–Kier alpha value is -1.03. The first-order valence-corrected chi connectivity index (χ1v) is 7.62. The number of aryl methyl sites for hydroxylation is 2. The maximum absolute atomic E-state index is 12.7. The predicted octanol–water partition coefficient (Wildman–Crippen LogP) is 2.84. The van der Waals surface area contributed by atoms with Crippen LogP contribution in [-0.4, -0.2) is 39.1 Å². The monoisotopic (exact) mass is 283 g/mol. The number of piperidine rings is 1. The van der Waals surface area contributed by atoms with Crippen molar-refractivity contribution in [1.82, 2.24) is 14.7 Å². The predicted molar refractivity (Wildman–Crippen MR) is 76.7 cm³/mol. The van der Waals surface area contributed by atoms with Gasteiger partial charge in [-0.1, -0.05) is 0 Å². The highest BCUT2D eigenvalue weighted by Gasteiger charge is 2.28. The van der Waals surface area contributed by atoms with Gasteiger partial charge in [0.05, 0.1) is 5.69 Å². The molecule has 0 saturated carbocycles. The van der Waals surface area contributed by atoms with Crippen molar-refractivity contribution in [2.45, 2.75) is 52.1 Å². The van der Waals surface area contributed by atoms with E-state index in [9.17, 15) is 4.79 Å². The van der Waals surface area contributed by atoms with E-state index in [1.165, 1.54) is 6.42 Å². The van der Waals surface area contributed by atoms with Crippen molar-refractivity contribution in [1.29, 1.82) is 0 Å². The van der Waals surface area contributed by atoms with Crippen LogP contribution in [0, 0.1) is 6.92 Å². The van der Waals surface area contributed by atoms with Crippen molar-refractivity contribution >= 4 is 17.5 Å². The van der Waals surface area contributed by atoms with Crippen LogP contribution in [-0.2, 0) is 6.54 Å². The molecule has 19 heavy (non-hydrogen) atoms. The Bertz CT molecular complexity index is 442. The summed E-state index contributed by atoms with van der Waals surface area (Å²) in [6.45, 7) is 5.50. The van der Waals surface area contributed by atoms with Gasteiger partial charge in [0.2, 0.25) is 0 Å². The molecular formula is C14H22ClN3O. The van der Waals surface area contributed by atoms with Crippen LogP contribution in [0.15, 0.2) is 6.07 Å². The molecule has 0 aromatic carbocycles. The molecule has 1 aromatic rings. The van der Waals surface area contributed by atoms with E-state index in [4.69, 9.17) is 11.6 Å². The third kappa shape index (κ3) is 3.11. The average molecular weight is 284 g/mol. The molecule has 1 amide bonds. The van der Waals surface area contributed by atoms with E-state index in [1.807, 2.05) is 24.8 Å². The quantitative estimate of drug-likeness (QED) is 0.797. The lowest BCUT2D eigenvalue weighted by Crippen LogP contribution is -2.44. The Kier molecular flexibility index (Phi) is 4.86. The van der Waals surface area contributed by atoms with Crippen LogP contribution in [0.4, 0.5) is 0 Å². The minimum absolute atomic E-state index is 0.109. The Labute approximate surface area is 119 Å². The van der Waals surface area contributed by atoms with Crippen LogP contribution in [0.2, 0.25) is 0 Å². The first kappa shape index (κ1) is 14.4. The summed E-state index contributed by atoms with van der Waals surface area (Å²) in [5.74, 6) is 0.720. The van der Waals surface area contributed by atoms with E-state index >= 15 is 0 Å². The van der Waals surface area contributed by atoms with E-state index in [0.717, 1.165) is 38.0 Å². The lowest BCUT2D eigenvalue weighted by atomic mass is 9.99. The Morgan fingerprint density at radius 1 is 1.53 bits per heavy atom. The zero-order valence-electron chi connectivity index (χ0n) is 11.7. The van der Waals surface area contributed by atoms with Crippen LogP contribution >= 0.6 is 11.6 Å². The number of hydrogen-bond acceptors (Lipinski definition) is 2. The number of hydrogen-bond donors (Lipinski definition) is 0. The van der Waals surface area contributed by atoms with Gasteiger partial charge in [0.25, 0.3) is 5.91 Å². The summed E-state index contributed by atoms with van der Waals surface area (Å²) in [5.41, 5.74) is 1.61. The third-order valence-electron chi connectivity index (χ3n) is 3.75. The van der Waals surface area contributed by atoms with E-state index < -0.39 is 0 Å². The highest BCUT2D eigenvalue weighted by Crippen LogP contribution is 2.22. The van der Waals surface area contributed by atoms with Crippen LogP contribution in [0.5, 0.6) is 0 Å². The van der Waals surface area contributed by atoms with E-state index in [0.29, 0.717) is 17.6 Å². The molecule has 1 atom stereocenters. The topological polar surface area (TPSA) is 38.1 Å². The van der Waals surface area contributed by atoms with Gasteiger partial charge in [-0.25, -0.2) is 0 Å². The molecule has 4 nitrogen and oxygen atoms in total. The van der Waals surface area contributed by atoms with Crippen LogP contribution in [0.3, 0.4) is 0 Å². The SMILES string of the molecule is CCn1nc(C)cc1C(=O)N1CCCCC1CCCl. The summed E-state index contributed by atoms with van der Waals surface area (Å²) in [4.78, 5) is 14.7. The Morgan fingerprint density at radius 2 is 2.32 bits per heavy atom. The van der Waals surface area contributed by atoms with Gasteiger partial charge >= 0.3 is 0 Å². The second-order valence-corrected chi connectivity index (χ2v) is 5.49. The van der Waals surface area contributed by atoms with E-state index in [-0.39, 0.29) is 5.91 Å². The number of aromatic nitrogens is 2. The highest BCUT2D eigenvalue weighted by atomic mass is 35.5. The smallest absolute Gasteiger partial charge is 0.272 e. The van der Waals surface area contributed by atoms with Gasteiger partial charge in [0.1, 0.15) is 5.69 Å². The fraction of sp³-hybridized carbons (Fsp3) is 0.714. The number of likely N-dealkylation sites (tertiary alicyclic amines) is 1. The summed E-state index contributed by atoms with van der Waals surface area (Å²) >= 11 is 5.86. The number of rotatable bonds is 4. The van der Waals surface area contributed by atoms with Crippen LogP contribution in [0.25, 0.3) is 0 Å². The molecule has 1 aliphatic rings. The summed E-state index contributed by atoms with van der Waals surface area (Å²) in [6, 6.07) is 2.18. The summed E-state index contributed by atoms with van der Waals surface area (Å²) in [6.07, 6.45) is 4.23. The minimum atomic E-state index is 0.109. The molecule has 2 heterocycles. The molecule has 0 radical (unpaired) electrons. The molecule has 1 aliphatic heterocycles. The maximum atomic E-state index is 12.7. The number of carbonyl (C=O) groups is 1. The van der Waals surface area contributed by atoms with Crippen molar-refractivity contribution in [2.75, 3.05) is 12.4 Å². The Morgan fingerprint density at radius 3 is 3.00 bits per heavy atom. The van der Waals surface area contributed by atoms with Gasteiger partial charge in [0, 0.05) is 25.0 Å². The number of carbonyl (C=O) groups excluding carboxylic acids is 1. The van der Waals surface area contributed by atoms with Gasteiger partial charge in [0.15, 0.2) is 0 Å². The highest BCUT2D eigenvalue weighted by molar-refractivity contribution is 6.17. The molecule has 1 saturated heterocycles. The maximum Gasteiger partial charge on any atom is 0.272 e. The molecular weight excluding hydrogens is 262 g/mol. The number of nitrogens with zero attached hydrogens (tertiary/aromatic N) is 3. The van der Waals surface area contributed by atoms with Gasteiger partial charge in [-0.2, -0.15) is 5.10 Å². The second-order valence-electron chi connectivity index (χ2n) is 5.11. The standard InChI is InChI=1S/C14H22ClN3O/c1-3-18-13(10-11(2)16-18)14(19)17-9-5-4-6-12(17)7-8-15/h10,12H,3-9H2,1-2H3. The first-order chi connectivity index (χ1) is 9.17. The molecule has 106 valence electrons. The summed E-state index contributed by atoms with van der Waals surface area (Å²) < 4.78 is 1.80. The zero-order chi connectivity index (χ0) is 13.8. The number of alkyl halides is 1. The zero-order valence-corrected chi connectivity index (χ0v) is 12.5. The van der Waals surface area contributed by atoms with E-state index in [2.05, 4.69) is 5.10 Å². The third-order valence-corrected chi connectivity index (χ3v) is 3.97. The van der Waals surface area contributed by atoms with Gasteiger partial charge in [-0.3, -0.25) is 9.48 Å². The molecule has 0 aliphatic carbocycles. The average Bonchev–Trinajstić information content (AvgIpc) is 2.80. The van der Waals surface area contributed by atoms with Gasteiger partial charge in [-0.05, 0) is 45.6 Å². The van der Waals surface area contributed by atoms with Crippen LogP contribution < -0.4 is 0 Å². The minimum Gasteiger partial charge on any atom is -0.334 e. The van der Waals surface area contributed by atoms with Crippen molar-refractivity contribution < 1.29 is 4.79 Å². The first-order valence-electron chi connectivity index (χ1n) is 7.08. The normalized spacial score (nSPS) is 19.7. The van der Waals surface area contributed by atoms with Crippen LogP contribution in [0.1, 0.15) is 48.8 Å². The Balaban J connectivity index is 2.20. The lowest BCUT2D eigenvalue weighted by molar-refractivity contribution is 0.0596. The van der Waals surface area contributed by atoms with Gasteiger partial charge in [-0.15, -0.1) is 11.6 Å². The number of halogens is 1. The number of amides is 1. The fourth-order valence-corrected chi connectivity index (χ4v) is 3.05. The second kappa shape index (κ2) is 6.42. The van der Waals surface area contributed by atoms with Crippen molar-refractivity contribution in [3.63, 3.8) is 0 Å². The summed E-state index contributed by atoms with van der Waals surface area (Å²) in [5, 5.41) is 4.36. The molecule has 0 N–H and O–H groups in total. The van der Waals surface area contributed by atoms with Gasteiger partial charge < -0.3 is 4.90 Å². The van der Waals surface area contributed by atoms with Crippen molar-refractivity contribution in [3.8, 4) is 0 Å². The molecule has 5 heteroatoms. The summed E-state index contributed by atoms with van der Waals surface area (Å²) in [7, 11) is 0. The van der Waals surface area contributed by atoms with Crippen molar-refractivity contribution in [2.24, 2.45) is 0 Å². The molecule has 1 unspecified atom stereocenters. The fourth-order valence-electron chi connectivity index (χ4n) is 2.80. The van der Waals surface area contributed by atoms with Crippen molar-refractivity contribution in [3.05, 3.63) is 17.5 Å². The molecule has 2 rings (SSSR count). The largest absolute Gasteiger partial charge is 0.334 e. The molecule has 1 aromatic heterocycles. The molecule has 1 fully saturated rings.